The maximum atomic E-state index is 12.7. The minimum atomic E-state index is -0.577. The molecular formula is C20H28N2O2S. The van der Waals surface area contributed by atoms with Gasteiger partial charge in [0.15, 0.2) is 0 Å². The monoisotopic (exact) mass is 360 g/mol. The molecule has 1 unspecified atom stereocenters. The number of benzene rings is 1. The van der Waals surface area contributed by atoms with Gasteiger partial charge in [0.05, 0.1) is 0 Å². The summed E-state index contributed by atoms with van der Waals surface area (Å²) in [5.41, 5.74) is 1.28. The van der Waals surface area contributed by atoms with Gasteiger partial charge in [0.25, 0.3) is 0 Å². The third-order valence-electron chi connectivity index (χ3n) is 3.65. The first-order valence-electron chi connectivity index (χ1n) is 8.39. The van der Waals surface area contributed by atoms with E-state index in [2.05, 4.69) is 56.6 Å². The number of hydrogen-bond donors (Lipinski definition) is 1. The fourth-order valence-corrected chi connectivity index (χ4v) is 3.25. The lowest BCUT2D eigenvalue weighted by Crippen LogP contribution is -2.49. The van der Waals surface area contributed by atoms with E-state index in [0.717, 1.165) is 4.90 Å². The second-order valence-electron chi connectivity index (χ2n) is 6.11. The number of nitrogens with one attached hydrogen (secondary N) is 1. The fraction of sp³-hybridized carbons (Fsp3) is 0.400. The molecule has 136 valence electrons. The standard InChI is InChI=1S/C20H28N2O2S/c1-6-12-22(13-7-2)20(24)19(21-16(5)23)14-25-18-10-8-17(9-11-18)15(3)4/h6-11,15,19H,1-2,12-14H2,3-5H3,(H,21,23). The topological polar surface area (TPSA) is 49.4 Å². The molecule has 0 spiro atoms. The normalized spacial score (nSPS) is 11.7. The number of thioether (sulfide) groups is 1. The van der Waals surface area contributed by atoms with E-state index in [1.165, 1.54) is 12.5 Å². The molecule has 0 bridgehead atoms. The SMILES string of the molecule is C=CCN(CC=C)C(=O)C(CSc1ccc(C(C)C)cc1)NC(C)=O. The van der Waals surface area contributed by atoms with Crippen LogP contribution in [0.1, 0.15) is 32.3 Å². The van der Waals surface area contributed by atoms with Crippen LogP contribution in [-0.2, 0) is 9.59 Å². The molecule has 1 N–H and O–H groups in total. The van der Waals surface area contributed by atoms with Crippen LogP contribution >= 0.6 is 11.8 Å². The predicted octanol–water partition coefficient (Wildman–Crippen LogP) is 3.61. The summed E-state index contributed by atoms with van der Waals surface area (Å²) >= 11 is 1.56. The predicted molar refractivity (Wildman–Crippen MR) is 106 cm³/mol. The number of nitrogens with zero attached hydrogens (tertiary/aromatic N) is 1. The van der Waals surface area contributed by atoms with Crippen molar-refractivity contribution in [3.63, 3.8) is 0 Å². The number of rotatable bonds is 10. The Balaban J connectivity index is 2.80. The first kappa shape index (κ1) is 21.0. The summed E-state index contributed by atoms with van der Waals surface area (Å²) in [6.07, 6.45) is 3.34. The molecule has 0 aliphatic heterocycles. The molecule has 0 aliphatic carbocycles. The first-order valence-corrected chi connectivity index (χ1v) is 9.38. The zero-order valence-corrected chi connectivity index (χ0v) is 16.1. The van der Waals surface area contributed by atoms with Crippen LogP contribution in [0.25, 0.3) is 0 Å². The van der Waals surface area contributed by atoms with Crippen molar-refractivity contribution in [3.8, 4) is 0 Å². The van der Waals surface area contributed by atoms with Crippen LogP contribution in [0.4, 0.5) is 0 Å². The van der Waals surface area contributed by atoms with E-state index >= 15 is 0 Å². The van der Waals surface area contributed by atoms with Crippen molar-refractivity contribution in [3.05, 3.63) is 55.1 Å². The maximum absolute atomic E-state index is 12.7. The smallest absolute Gasteiger partial charge is 0.246 e. The average Bonchev–Trinajstić information content (AvgIpc) is 2.57. The molecule has 0 heterocycles. The van der Waals surface area contributed by atoms with Crippen LogP contribution < -0.4 is 5.32 Å². The molecule has 0 fully saturated rings. The number of hydrogen-bond acceptors (Lipinski definition) is 3. The summed E-state index contributed by atoms with van der Waals surface area (Å²) in [6.45, 7) is 13.9. The van der Waals surface area contributed by atoms with Crippen molar-refractivity contribution in [1.29, 1.82) is 0 Å². The average molecular weight is 361 g/mol. The lowest BCUT2D eigenvalue weighted by Gasteiger charge is -2.25. The molecule has 25 heavy (non-hydrogen) atoms. The van der Waals surface area contributed by atoms with Gasteiger partial charge in [-0.1, -0.05) is 38.1 Å². The van der Waals surface area contributed by atoms with Crippen molar-refractivity contribution in [1.82, 2.24) is 10.2 Å². The molecule has 1 aromatic carbocycles. The number of carbonyl (C=O) groups is 2. The highest BCUT2D eigenvalue weighted by molar-refractivity contribution is 7.99. The molecular weight excluding hydrogens is 332 g/mol. The summed E-state index contributed by atoms with van der Waals surface area (Å²) < 4.78 is 0. The third-order valence-corrected chi connectivity index (χ3v) is 4.76. The van der Waals surface area contributed by atoms with Gasteiger partial charge in [0, 0.05) is 30.7 Å². The molecule has 0 saturated heterocycles. The zero-order valence-electron chi connectivity index (χ0n) is 15.3. The lowest BCUT2D eigenvalue weighted by atomic mass is 10.0. The zero-order chi connectivity index (χ0) is 18.8. The van der Waals surface area contributed by atoms with Gasteiger partial charge in [-0.3, -0.25) is 9.59 Å². The summed E-state index contributed by atoms with van der Waals surface area (Å²) in [5.74, 6) is 0.621. The van der Waals surface area contributed by atoms with Crippen LogP contribution in [0.15, 0.2) is 54.5 Å². The fourth-order valence-electron chi connectivity index (χ4n) is 2.34. The Morgan fingerprint density at radius 2 is 1.72 bits per heavy atom. The van der Waals surface area contributed by atoms with Gasteiger partial charge in [0.2, 0.25) is 11.8 Å². The Labute approximate surface area is 155 Å². The van der Waals surface area contributed by atoms with Crippen LogP contribution in [0.2, 0.25) is 0 Å². The molecule has 0 radical (unpaired) electrons. The molecule has 1 atom stereocenters. The van der Waals surface area contributed by atoms with Crippen LogP contribution in [0.5, 0.6) is 0 Å². The van der Waals surface area contributed by atoms with E-state index < -0.39 is 6.04 Å². The van der Waals surface area contributed by atoms with Crippen molar-refractivity contribution >= 4 is 23.6 Å². The highest BCUT2D eigenvalue weighted by atomic mass is 32.2. The van der Waals surface area contributed by atoms with Crippen molar-refractivity contribution in [2.24, 2.45) is 0 Å². The Kier molecular flexibility index (Phi) is 9.06. The molecule has 1 aromatic rings. The number of amides is 2. The van der Waals surface area contributed by atoms with Crippen molar-refractivity contribution < 1.29 is 9.59 Å². The minimum absolute atomic E-state index is 0.124. The molecule has 0 aliphatic rings. The number of carbonyl (C=O) groups excluding carboxylic acids is 2. The van der Waals surface area contributed by atoms with Crippen LogP contribution in [-0.4, -0.2) is 41.6 Å². The summed E-state index contributed by atoms with van der Waals surface area (Å²) in [4.78, 5) is 26.9. The third kappa shape index (κ3) is 7.18. The molecule has 1 rings (SSSR count). The van der Waals surface area contributed by atoms with E-state index in [1.807, 2.05) is 0 Å². The first-order chi connectivity index (χ1) is 11.9. The van der Waals surface area contributed by atoms with Gasteiger partial charge in [-0.15, -0.1) is 24.9 Å². The van der Waals surface area contributed by atoms with Gasteiger partial charge in [-0.25, -0.2) is 0 Å². The maximum Gasteiger partial charge on any atom is 0.246 e. The summed E-state index contributed by atoms with van der Waals surface area (Å²) in [5, 5.41) is 2.76. The van der Waals surface area contributed by atoms with Crippen molar-refractivity contribution in [2.45, 2.75) is 37.6 Å². The van der Waals surface area contributed by atoms with Gasteiger partial charge in [-0.2, -0.15) is 0 Å². The highest BCUT2D eigenvalue weighted by Crippen LogP contribution is 2.22. The molecule has 0 aromatic heterocycles. The quantitative estimate of drug-likeness (QED) is 0.512. The second-order valence-corrected chi connectivity index (χ2v) is 7.20. The van der Waals surface area contributed by atoms with E-state index in [-0.39, 0.29) is 11.8 Å². The second kappa shape index (κ2) is 10.8. The molecule has 5 heteroatoms. The summed E-state index contributed by atoms with van der Waals surface area (Å²) in [6, 6.07) is 7.74. The van der Waals surface area contributed by atoms with Crippen LogP contribution in [0, 0.1) is 0 Å². The highest BCUT2D eigenvalue weighted by Gasteiger charge is 2.24. The minimum Gasteiger partial charge on any atom is -0.344 e. The Hall–Kier alpha value is -2.01. The van der Waals surface area contributed by atoms with Gasteiger partial charge in [-0.05, 0) is 23.6 Å². The largest absolute Gasteiger partial charge is 0.344 e. The van der Waals surface area contributed by atoms with E-state index in [1.54, 1.807) is 28.8 Å². The Morgan fingerprint density at radius 1 is 1.16 bits per heavy atom. The van der Waals surface area contributed by atoms with E-state index in [4.69, 9.17) is 0 Å². The molecule has 0 saturated carbocycles. The van der Waals surface area contributed by atoms with Gasteiger partial charge >= 0.3 is 0 Å². The Bertz CT molecular complexity index is 586. The van der Waals surface area contributed by atoms with Gasteiger partial charge in [0.1, 0.15) is 6.04 Å². The van der Waals surface area contributed by atoms with Crippen LogP contribution in [0.3, 0.4) is 0 Å². The Morgan fingerprint density at radius 3 is 2.16 bits per heavy atom. The molecule has 4 nitrogen and oxygen atoms in total. The van der Waals surface area contributed by atoms with Gasteiger partial charge < -0.3 is 10.2 Å². The van der Waals surface area contributed by atoms with Crippen molar-refractivity contribution in [2.75, 3.05) is 18.8 Å². The van der Waals surface area contributed by atoms with E-state index in [0.29, 0.717) is 24.8 Å². The van der Waals surface area contributed by atoms with E-state index in [9.17, 15) is 9.59 Å². The molecule has 2 amide bonds. The lowest BCUT2D eigenvalue weighted by molar-refractivity contribution is -0.134. The summed E-state index contributed by atoms with van der Waals surface area (Å²) in [7, 11) is 0.